The Morgan fingerprint density at radius 3 is 2.09 bits per heavy atom. The average Bonchev–Trinajstić information content (AvgIpc) is 2.50. The van der Waals surface area contributed by atoms with E-state index in [1.807, 2.05) is 30.3 Å². The summed E-state index contributed by atoms with van der Waals surface area (Å²) in [6.45, 7) is 17.4. The third kappa shape index (κ3) is 9.45. The lowest BCUT2D eigenvalue weighted by Crippen LogP contribution is -2.32. The Bertz CT molecular complexity index is 412. The molecule has 0 aliphatic rings. The number of benzene rings is 1. The fourth-order valence-electron chi connectivity index (χ4n) is 2.79. The van der Waals surface area contributed by atoms with Crippen LogP contribution < -0.4 is 4.74 Å². The van der Waals surface area contributed by atoms with Crippen molar-refractivity contribution < 1.29 is 4.74 Å². The highest BCUT2D eigenvalue weighted by Gasteiger charge is 2.08. The third-order valence-electron chi connectivity index (χ3n) is 3.75. The molecule has 2 nitrogen and oxygen atoms in total. The summed E-state index contributed by atoms with van der Waals surface area (Å²) in [5.74, 6) is 2.45. The van der Waals surface area contributed by atoms with Gasteiger partial charge in [0, 0.05) is 13.1 Å². The molecule has 1 aromatic rings. The van der Waals surface area contributed by atoms with Crippen LogP contribution >= 0.6 is 0 Å². The van der Waals surface area contributed by atoms with E-state index in [0.717, 1.165) is 36.2 Å². The molecule has 0 saturated carbocycles. The molecular weight excluding hydrogens is 282 g/mol. The predicted molar refractivity (Wildman–Crippen MR) is 102 cm³/mol. The Kier molecular flexibility index (Phi) is 9.70. The minimum absolute atomic E-state index is 0.746. The van der Waals surface area contributed by atoms with E-state index in [0.29, 0.717) is 0 Å². The zero-order chi connectivity index (χ0) is 17.1. The first-order chi connectivity index (χ1) is 11.0. The summed E-state index contributed by atoms with van der Waals surface area (Å²) in [5, 5.41) is 0. The summed E-state index contributed by atoms with van der Waals surface area (Å²) in [6, 6.07) is 8.12. The fraction of sp³-hybridized carbons (Fsp3) is 0.619. The normalized spacial score (nSPS) is 11.4. The van der Waals surface area contributed by atoms with Crippen LogP contribution in [0.3, 0.4) is 0 Å². The maximum atomic E-state index is 5.79. The van der Waals surface area contributed by atoms with Gasteiger partial charge in [-0.15, -0.1) is 0 Å². The van der Waals surface area contributed by atoms with Crippen LogP contribution in [0.1, 0.15) is 52.5 Å². The smallest absolute Gasteiger partial charge is 0.119 e. The van der Waals surface area contributed by atoms with E-state index < -0.39 is 0 Å². The molecule has 0 atom stereocenters. The molecule has 0 amide bonds. The standard InChI is InChI=1S/C21H35NO/c1-6-20-10-12-21(13-11-20)23-15-9-7-8-14-22(16-18(2)3)17-19(4)5/h6,10-13,18-19H,1,7-9,14-17H2,2-5H3. The maximum absolute atomic E-state index is 5.79. The number of hydrogen-bond donors (Lipinski definition) is 0. The lowest BCUT2D eigenvalue weighted by atomic mass is 10.1. The molecule has 0 aliphatic heterocycles. The summed E-state index contributed by atoms with van der Waals surface area (Å²) < 4.78 is 5.79. The molecule has 1 rings (SSSR count). The molecule has 0 aromatic heterocycles. The summed E-state index contributed by atoms with van der Waals surface area (Å²) in [4.78, 5) is 2.62. The van der Waals surface area contributed by atoms with Crippen LogP contribution in [-0.2, 0) is 0 Å². The zero-order valence-electron chi connectivity index (χ0n) is 15.6. The van der Waals surface area contributed by atoms with Gasteiger partial charge in [-0.2, -0.15) is 0 Å². The second-order valence-electron chi connectivity index (χ2n) is 7.23. The molecule has 0 spiro atoms. The molecule has 0 unspecified atom stereocenters. The predicted octanol–water partition coefficient (Wildman–Crippen LogP) is 5.49. The number of ether oxygens (including phenoxy) is 1. The van der Waals surface area contributed by atoms with E-state index in [9.17, 15) is 0 Å². The second-order valence-corrected chi connectivity index (χ2v) is 7.23. The van der Waals surface area contributed by atoms with Crippen molar-refractivity contribution in [3.63, 3.8) is 0 Å². The van der Waals surface area contributed by atoms with Crippen molar-refractivity contribution in [1.29, 1.82) is 0 Å². The number of rotatable bonds is 12. The Morgan fingerprint density at radius 1 is 0.957 bits per heavy atom. The molecule has 0 radical (unpaired) electrons. The number of nitrogens with zero attached hydrogens (tertiary/aromatic N) is 1. The Labute approximate surface area is 143 Å². The highest BCUT2D eigenvalue weighted by atomic mass is 16.5. The largest absolute Gasteiger partial charge is 0.494 e. The van der Waals surface area contributed by atoms with Gasteiger partial charge in [0.2, 0.25) is 0 Å². The van der Waals surface area contributed by atoms with Crippen LogP contribution in [-0.4, -0.2) is 31.1 Å². The van der Waals surface area contributed by atoms with Gasteiger partial charge in [-0.1, -0.05) is 52.5 Å². The van der Waals surface area contributed by atoms with Crippen molar-refractivity contribution in [2.24, 2.45) is 11.8 Å². The zero-order valence-corrected chi connectivity index (χ0v) is 15.6. The van der Waals surface area contributed by atoms with Crippen LogP contribution in [0, 0.1) is 11.8 Å². The van der Waals surface area contributed by atoms with Crippen LogP contribution in [0.25, 0.3) is 6.08 Å². The lowest BCUT2D eigenvalue weighted by Gasteiger charge is -2.26. The highest BCUT2D eigenvalue weighted by Crippen LogP contribution is 2.13. The molecule has 0 bridgehead atoms. The van der Waals surface area contributed by atoms with E-state index >= 15 is 0 Å². The quantitative estimate of drug-likeness (QED) is 0.472. The van der Waals surface area contributed by atoms with Crippen LogP contribution in [0.5, 0.6) is 5.75 Å². The van der Waals surface area contributed by atoms with Crippen molar-refractivity contribution in [3.8, 4) is 5.75 Å². The molecule has 1 aromatic carbocycles. The summed E-state index contributed by atoms with van der Waals surface area (Å²) in [5.41, 5.74) is 1.13. The Hall–Kier alpha value is -1.28. The van der Waals surface area contributed by atoms with Gasteiger partial charge in [0.05, 0.1) is 6.61 Å². The minimum Gasteiger partial charge on any atom is -0.494 e. The lowest BCUT2D eigenvalue weighted by molar-refractivity contribution is 0.212. The number of unbranched alkanes of at least 4 members (excludes halogenated alkanes) is 2. The second kappa shape index (κ2) is 11.3. The van der Waals surface area contributed by atoms with E-state index in [-0.39, 0.29) is 0 Å². The first kappa shape index (κ1) is 19.8. The summed E-state index contributed by atoms with van der Waals surface area (Å²) in [6.07, 6.45) is 5.47. The minimum atomic E-state index is 0.746. The molecule has 0 saturated heterocycles. The van der Waals surface area contributed by atoms with Gasteiger partial charge in [-0.25, -0.2) is 0 Å². The molecule has 0 aliphatic carbocycles. The van der Waals surface area contributed by atoms with Crippen molar-refractivity contribution in [3.05, 3.63) is 36.4 Å². The van der Waals surface area contributed by atoms with E-state index in [2.05, 4.69) is 39.2 Å². The molecule has 130 valence electrons. The SMILES string of the molecule is C=Cc1ccc(OCCCCCN(CC(C)C)CC(C)C)cc1. The van der Waals surface area contributed by atoms with E-state index in [1.54, 1.807) is 0 Å². The monoisotopic (exact) mass is 317 g/mol. The summed E-state index contributed by atoms with van der Waals surface area (Å²) in [7, 11) is 0. The molecule has 23 heavy (non-hydrogen) atoms. The average molecular weight is 318 g/mol. The summed E-state index contributed by atoms with van der Waals surface area (Å²) >= 11 is 0. The van der Waals surface area contributed by atoms with Gasteiger partial charge in [0.15, 0.2) is 0 Å². The van der Waals surface area contributed by atoms with Crippen LogP contribution in [0.15, 0.2) is 30.8 Å². The molecular formula is C21H35NO. The van der Waals surface area contributed by atoms with E-state index in [1.165, 1.54) is 32.5 Å². The van der Waals surface area contributed by atoms with Crippen molar-refractivity contribution >= 4 is 6.08 Å². The number of hydrogen-bond acceptors (Lipinski definition) is 2. The highest BCUT2D eigenvalue weighted by molar-refractivity contribution is 5.48. The first-order valence-corrected chi connectivity index (χ1v) is 9.09. The van der Waals surface area contributed by atoms with Gasteiger partial charge >= 0.3 is 0 Å². The molecule has 0 fully saturated rings. The van der Waals surface area contributed by atoms with Crippen molar-refractivity contribution in [1.82, 2.24) is 4.90 Å². The van der Waals surface area contributed by atoms with Crippen LogP contribution in [0.2, 0.25) is 0 Å². The molecule has 0 heterocycles. The van der Waals surface area contributed by atoms with Gasteiger partial charge in [-0.05, 0) is 55.3 Å². The Morgan fingerprint density at radius 2 is 1.57 bits per heavy atom. The van der Waals surface area contributed by atoms with Gasteiger partial charge in [-0.3, -0.25) is 0 Å². The maximum Gasteiger partial charge on any atom is 0.119 e. The van der Waals surface area contributed by atoms with Gasteiger partial charge in [0.25, 0.3) is 0 Å². The molecule has 0 N–H and O–H groups in total. The van der Waals surface area contributed by atoms with E-state index in [4.69, 9.17) is 4.74 Å². The van der Waals surface area contributed by atoms with Crippen molar-refractivity contribution in [2.45, 2.75) is 47.0 Å². The first-order valence-electron chi connectivity index (χ1n) is 9.09. The molecule has 2 heteroatoms. The van der Waals surface area contributed by atoms with Crippen LogP contribution in [0.4, 0.5) is 0 Å². The Balaban J connectivity index is 2.16. The van der Waals surface area contributed by atoms with Gasteiger partial charge in [0.1, 0.15) is 5.75 Å². The third-order valence-corrected chi connectivity index (χ3v) is 3.75. The topological polar surface area (TPSA) is 12.5 Å². The van der Waals surface area contributed by atoms with Crippen molar-refractivity contribution in [2.75, 3.05) is 26.2 Å². The van der Waals surface area contributed by atoms with Gasteiger partial charge < -0.3 is 9.64 Å². The fourth-order valence-corrected chi connectivity index (χ4v) is 2.79.